The molecule has 0 aliphatic carbocycles. The van der Waals surface area contributed by atoms with Gasteiger partial charge in [0.1, 0.15) is 0 Å². The van der Waals surface area contributed by atoms with Crippen LogP contribution in [0.1, 0.15) is 6.92 Å². The average Bonchev–Trinajstić information content (AvgIpc) is 2.19. The van der Waals surface area contributed by atoms with Gasteiger partial charge in [0.15, 0.2) is 0 Å². The second-order valence-corrected chi connectivity index (χ2v) is 3.56. The standard InChI is InChI=1S/C11H18N2/c1-10(8-12)9-13(2)11-6-4-3-5-7-11/h3-7,10H,8-9,12H2,1-2H3. The van der Waals surface area contributed by atoms with Crippen LogP contribution >= 0.6 is 0 Å². The lowest BCUT2D eigenvalue weighted by Crippen LogP contribution is -2.28. The minimum absolute atomic E-state index is 0.546. The fourth-order valence-electron chi connectivity index (χ4n) is 1.33. The van der Waals surface area contributed by atoms with E-state index in [4.69, 9.17) is 5.73 Å². The van der Waals surface area contributed by atoms with Crippen LogP contribution in [0.2, 0.25) is 0 Å². The second kappa shape index (κ2) is 4.87. The van der Waals surface area contributed by atoms with Crippen molar-refractivity contribution in [3.05, 3.63) is 30.3 Å². The van der Waals surface area contributed by atoms with E-state index in [1.165, 1.54) is 5.69 Å². The fourth-order valence-corrected chi connectivity index (χ4v) is 1.33. The lowest BCUT2D eigenvalue weighted by molar-refractivity contribution is 0.590. The Morgan fingerprint density at radius 2 is 1.92 bits per heavy atom. The highest BCUT2D eigenvalue weighted by Gasteiger charge is 2.04. The predicted octanol–water partition coefficient (Wildman–Crippen LogP) is 1.72. The maximum absolute atomic E-state index is 5.57. The van der Waals surface area contributed by atoms with Crippen LogP contribution in [0.4, 0.5) is 5.69 Å². The third-order valence-corrected chi connectivity index (χ3v) is 2.18. The molecule has 0 fully saturated rings. The van der Waals surface area contributed by atoms with Gasteiger partial charge in [-0.05, 0) is 24.6 Å². The molecule has 1 unspecified atom stereocenters. The van der Waals surface area contributed by atoms with E-state index in [-0.39, 0.29) is 0 Å². The van der Waals surface area contributed by atoms with E-state index in [1.54, 1.807) is 0 Å². The summed E-state index contributed by atoms with van der Waals surface area (Å²) in [4.78, 5) is 2.23. The highest BCUT2D eigenvalue weighted by atomic mass is 15.1. The van der Waals surface area contributed by atoms with Crippen LogP contribution in [-0.4, -0.2) is 20.1 Å². The summed E-state index contributed by atoms with van der Waals surface area (Å²) in [6.07, 6.45) is 0. The quantitative estimate of drug-likeness (QED) is 0.760. The van der Waals surface area contributed by atoms with Crippen LogP contribution in [0.15, 0.2) is 30.3 Å². The largest absolute Gasteiger partial charge is 0.374 e. The maximum atomic E-state index is 5.57. The molecule has 0 aromatic heterocycles. The van der Waals surface area contributed by atoms with Gasteiger partial charge in [0.25, 0.3) is 0 Å². The summed E-state index contributed by atoms with van der Waals surface area (Å²) in [5, 5.41) is 0. The predicted molar refractivity (Wildman–Crippen MR) is 57.9 cm³/mol. The number of rotatable bonds is 4. The normalized spacial score (nSPS) is 12.5. The molecular weight excluding hydrogens is 160 g/mol. The lowest BCUT2D eigenvalue weighted by atomic mass is 10.1. The van der Waals surface area contributed by atoms with Gasteiger partial charge < -0.3 is 10.6 Å². The zero-order valence-corrected chi connectivity index (χ0v) is 8.40. The Morgan fingerprint density at radius 3 is 2.46 bits per heavy atom. The summed E-state index contributed by atoms with van der Waals surface area (Å²) in [5.74, 6) is 0.546. The molecule has 0 spiro atoms. The molecule has 2 nitrogen and oxygen atoms in total. The first-order chi connectivity index (χ1) is 6.24. The van der Waals surface area contributed by atoms with Crippen LogP contribution in [0.3, 0.4) is 0 Å². The Bertz CT molecular complexity index is 233. The molecular formula is C11H18N2. The summed E-state index contributed by atoms with van der Waals surface area (Å²) in [6, 6.07) is 10.4. The molecule has 0 bridgehead atoms. The molecule has 0 saturated heterocycles. The molecule has 0 radical (unpaired) electrons. The molecule has 1 atom stereocenters. The van der Waals surface area contributed by atoms with Crippen molar-refractivity contribution in [2.24, 2.45) is 11.7 Å². The van der Waals surface area contributed by atoms with Crippen molar-refractivity contribution < 1.29 is 0 Å². The van der Waals surface area contributed by atoms with Gasteiger partial charge in [0, 0.05) is 19.3 Å². The van der Waals surface area contributed by atoms with E-state index in [0.717, 1.165) is 13.1 Å². The molecule has 0 aliphatic heterocycles. The molecule has 72 valence electrons. The Hall–Kier alpha value is -1.02. The smallest absolute Gasteiger partial charge is 0.0363 e. The van der Waals surface area contributed by atoms with Gasteiger partial charge >= 0.3 is 0 Å². The van der Waals surface area contributed by atoms with Gasteiger partial charge in [-0.25, -0.2) is 0 Å². The van der Waals surface area contributed by atoms with Gasteiger partial charge in [-0.2, -0.15) is 0 Å². The first kappa shape index (κ1) is 10.1. The third kappa shape index (κ3) is 3.07. The van der Waals surface area contributed by atoms with Crippen LogP contribution in [-0.2, 0) is 0 Å². The van der Waals surface area contributed by atoms with Crippen molar-refractivity contribution in [2.75, 3.05) is 25.0 Å². The molecule has 1 rings (SSSR count). The monoisotopic (exact) mass is 178 g/mol. The highest BCUT2D eigenvalue weighted by Crippen LogP contribution is 2.12. The zero-order chi connectivity index (χ0) is 9.68. The summed E-state index contributed by atoms with van der Waals surface area (Å²) in [7, 11) is 2.10. The molecule has 2 N–H and O–H groups in total. The van der Waals surface area contributed by atoms with Gasteiger partial charge in [0.2, 0.25) is 0 Å². The highest BCUT2D eigenvalue weighted by molar-refractivity contribution is 5.44. The number of hydrogen-bond acceptors (Lipinski definition) is 2. The number of nitrogens with two attached hydrogens (primary N) is 1. The molecule has 0 amide bonds. The van der Waals surface area contributed by atoms with E-state index in [2.05, 4.69) is 43.1 Å². The summed E-state index contributed by atoms with van der Waals surface area (Å²) in [6.45, 7) is 3.93. The molecule has 0 heterocycles. The second-order valence-electron chi connectivity index (χ2n) is 3.56. The van der Waals surface area contributed by atoms with Crippen LogP contribution in [0.25, 0.3) is 0 Å². The SMILES string of the molecule is CC(CN)CN(C)c1ccccc1. The number of para-hydroxylation sites is 1. The molecule has 1 aromatic rings. The fraction of sp³-hybridized carbons (Fsp3) is 0.455. The lowest BCUT2D eigenvalue weighted by Gasteiger charge is -2.22. The topological polar surface area (TPSA) is 29.3 Å². The van der Waals surface area contributed by atoms with Crippen LogP contribution in [0, 0.1) is 5.92 Å². The van der Waals surface area contributed by atoms with Gasteiger partial charge in [-0.1, -0.05) is 25.1 Å². The minimum atomic E-state index is 0.546. The van der Waals surface area contributed by atoms with Crippen LogP contribution < -0.4 is 10.6 Å². The number of hydrogen-bond donors (Lipinski definition) is 1. The van der Waals surface area contributed by atoms with Gasteiger partial charge in [-0.15, -0.1) is 0 Å². The summed E-state index contributed by atoms with van der Waals surface area (Å²) in [5.41, 5.74) is 6.82. The Balaban J connectivity index is 2.53. The van der Waals surface area contributed by atoms with E-state index in [1.807, 2.05) is 6.07 Å². The molecule has 2 heteroatoms. The van der Waals surface area contributed by atoms with E-state index >= 15 is 0 Å². The van der Waals surface area contributed by atoms with Crippen molar-refractivity contribution >= 4 is 5.69 Å². The minimum Gasteiger partial charge on any atom is -0.374 e. The van der Waals surface area contributed by atoms with E-state index < -0.39 is 0 Å². The van der Waals surface area contributed by atoms with Gasteiger partial charge in [0.05, 0.1) is 0 Å². The number of nitrogens with zero attached hydrogens (tertiary/aromatic N) is 1. The first-order valence-electron chi connectivity index (χ1n) is 4.70. The van der Waals surface area contributed by atoms with Crippen LogP contribution in [0.5, 0.6) is 0 Å². The average molecular weight is 178 g/mol. The van der Waals surface area contributed by atoms with Crippen molar-refractivity contribution in [2.45, 2.75) is 6.92 Å². The van der Waals surface area contributed by atoms with E-state index in [0.29, 0.717) is 5.92 Å². The summed E-state index contributed by atoms with van der Waals surface area (Å²) >= 11 is 0. The number of benzene rings is 1. The number of anilines is 1. The first-order valence-corrected chi connectivity index (χ1v) is 4.70. The molecule has 0 saturated carbocycles. The van der Waals surface area contributed by atoms with Crippen molar-refractivity contribution in [1.82, 2.24) is 0 Å². The Morgan fingerprint density at radius 1 is 1.31 bits per heavy atom. The van der Waals surface area contributed by atoms with E-state index in [9.17, 15) is 0 Å². The molecule has 13 heavy (non-hydrogen) atoms. The Kier molecular flexibility index (Phi) is 3.77. The Labute approximate surface area is 80.4 Å². The maximum Gasteiger partial charge on any atom is 0.0363 e. The van der Waals surface area contributed by atoms with Crippen molar-refractivity contribution in [3.63, 3.8) is 0 Å². The van der Waals surface area contributed by atoms with Crippen molar-refractivity contribution in [3.8, 4) is 0 Å². The third-order valence-electron chi connectivity index (χ3n) is 2.18. The van der Waals surface area contributed by atoms with Crippen molar-refractivity contribution in [1.29, 1.82) is 0 Å². The van der Waals surface area contributed by atoms with Gasteiger partial charge in [-0.3, -0.25) is 0 Å². The zero-order valence-electron chi connectivity index (χ0n) is 8.40. The summed E-state index contributed by atoms with van der Waals surface area (Å²) < 4.78 is 0. The molecule has 0 aliphatic rings. The molecule has 1 aromatic carbocycles.